The molecule has 0 aliphatic carbocycles. The van der Waals surface area contributed by atoms with Gasteiger partial charge in [0.2, 0.25) is 0 Å². The van der Waals surface area contributed by atoms with Crippen LogP contribution in [0.3, 0.4) is 0 Å². The standard InChI is InChI=1S/C37H64N6O3/c1-5-6-7-9-14-17-31(44)23-30-19-21-33-34(27(4)41-36(38)42(30)33)35(45)46-26(3)15-12-10-8-11-13-16-28-24-39-37-40-25(2)22-29-18-20-32(28)43(29)37/h25-26,28-33,44H,5-24H2,1-4H3,(H3,38,39,40,41,45)/p+2/t25-,26+,28-,29+,30-,31-,32-,33-/m0/s1. The van der Waals surface area contributed by atoms with E-state index in [1.54, 1.807) is 0 Å². The number of hydrogen-bond donors (Lipinski definition) is 4. The van der Waals surface area contributed by atoms with Crippen LogP contribution in [-0.4, -0.2) is 81.4 Å². The van der Waals surface area contributed by atoms with Crippen LogP contribution in [0.5, 0.6) is 0 Å². The first-order valence-corrected chi connectivity index (χ1v) is 19.2. The molecule has 260 valence electrons. The zero-order valence-electron chi connectivity index (χ0n) is 29.5. The van der Waals surface area contributed by atoms with E-state index < -0.39 is 0 Å². The lowest BCUT2D eigenvalue weighted by Crippen LogP contribution is -2.92. The molecule has 5 aliphatic rings. The van der Waals surface area contributed by atoms with Crippen molar-refractivity contribution in [1.29, 1.82) is 0 Å². The average molecular weight is 643 g/mol. The summed E-state index contributed by atoms with van der Waals surface area (Å²) in [5, 5.41) is 16.3. The van der Waals surface area contributed by atoms with E-state index in [1.165, 1.54) is 83.0 Å². The molecule has 9 heteroatoms. The quantitative estimate of drug-likeness (QED) is 0.0981. The summed E-state index contributed by atoms with van der Waals surface area (Å²) < 4.78 is 8.22. The molecule has 3 saturated heterocycles. The minimum absolute atomic E-state index is 0.0437. The zero-order chi connectivity index (χ0) is 32.6. The van der Waals surface area contributed by atoms with Crippen molar-refractivity contribution in [3.63, 3.8) is 0 Å². The molecule has 5 rings (SSSR count). The predicted octanol–water partition coefficient (Wildman–Crippen LogP) is 4.67. The highest BCUT2D eigenvalue weighted by Crippen LogP contribution is 2.38. The van der Waals surface area contributed by atoms with Gasteiger partial charge in [-0.25, -0.2) is 20.4 Å². The van der Waals surface area contributed by atoms with Gasteiger partial charge in [0, 0.05) is 38.0 Å². The van der Waals surface area contributed by atoms with Gasteiger partial charge < -0.3 is 20.1 Å². The molecule has 3 fully saturated rings. The van der Waals surface area contributed by atoms with E-state index in [0.29, 0.717) is 30.5 Å². The largest absolute Gasteiger partial charge is 0.459 e. The van der Waals surface area contributed by atoms with Gasteiger partial charge in [-0.05, 0) is 77.6 Å². The lowest BCUT2D eigenvalue weighted by atomic mass is 9.90. The van der Waals surface area contributed by atoms with E-state index in [4.69, 9.17) is 15.5 Å². The number of rotatable bonds is 18. The number of nitrogens with zero attached hydrogens (tertiary/aromatic N) is 3. The zero-order valence-corrected chi connectivity index (χ0v) is 29.5. The van der Waals surface area contributed by atoms with Gasteiger partial charge in [0.1, 0.15) is 23.4 Å². The first-order valence-electron chi connectivity index (χ1n) is 19.2. The van der Waals surface area contributed by atoms with Gasteiger partial charge in [-0.15, -0.1) is 0 Å². The number of unbranched alkanes of at least 4 members (excludes halogenated alkanes) is 8. The van der Waals surface area contributed by atoms with Crippen LogP contribution in [0, 0.1) is 5.92 Å². The van der Waals surface area contributed by atoms with Crippen LogP contribution in [-0.2, 0) is 9.53 Å². The number of aliphatic hydroxyl groups is 1. The number of nitrogens with one attached hydrogen (secondary N) is 1. The Morgan fingerprint density at radius 2 is 1.83 bits per heavy atom. The summed E-state index contributed by atoms with van der Waals surface area (Å²) in [7, 11) is 0. The van der Waals surface area contributed by atoms with Crippen molar-refractivity contribution < 1.29 is 24.5 Å². The fourth-order valence-corrected chi connectivity index (χ4v) is 9.25. The Kier molecular flexibility index (Phi) is 12.9. The van der Waals surface area contributed by atoms with E-state index in [0.717, 1.165) is 62.3 Å². The molecule has 5 heterocycles. The molecule has 5 aliphatic heterocycles. The van der Waals surface area contributed by atoms with Gasteiger partial charge >= 0.3 is 11.9 Å². The monoisotopic (exact) mass is 643 g/mol. The number of carbonyl (C=O) groups is 1. The summed E-state index contributed by atoms with van der Waals surface area (Å²) >= 11 is 0. The van der Waals surface area contributed by atoms with Crippen molar-refractivity contribution in [3.05, 3.63) is 11.3 Å². The third kappa shape index (κ3) is 8.66. The molecule has 9 nitrogen and oxygen atoms in total. The lowest BCUT2D eigenvalue weighted by molar-refractivity contribution is -0.653. The first kappa shape index (κ1) is 35.2. The van der Waals surface area contributed by atoms with E-state index in [1.807, 2.05) is 19.2 Å². The third-order valence-corrected chi connectivity index (χ3v) is 11.6. The van der Waals surface area contributed by atoms with Gasteiger partial charge in [0.05, 0.1) is 12.2 Å². The molecule has 0 aromatic heterocycles. The van der Waals surface area contributed by atoms with Crippen LogP contribution in [0.15, 0.2) is 16.3 Å². The second-order valence-electron chi connectivity index (χ2n) is 15.4. The van der Waals surface area contributed by atoms with Gasteiger partial charge in [-0.2, -0.15) is 0 Å². The Morgan fingerprint density at radius 1 is 1.09 bits per heavy atom. The molecular formula is C37H66N6O3+2. The summed E-state index contributed by atoms with van der Waals surface area (Å²) in [4.78, 5) is 21.1. The molecule has 0 aromatic carbocycles. The minimum Gasteiger partial charge on any atom is -0.459 e. The Hall–Kier alpha value is -2.13. The van der Waals surface area contributed by atoms with Gasteiger partial charge in [-0.3, -0.25) is 4.99 Å². The highest BCUT2D eigenvalue weighted by Gasteiger charge is 2.48. The molecule has 0 amide bonds. The first-order chi connectivity index (χ1) is 22.3. The number of ether oxygens (including phenoxy) is 1. The maximum absolute atomic E-state index is 13.5. The van der Waals surface area contributed by atoms with E-state index >= 15 is 0 Å². The van der Waals surface area contributed by atoms with Crippen LogP contribution in [0.4, 0.5) is 0 Å². The van der Waals surface area contributed by atoms with Crippen molar-refractivity contribution in [2.24, 2.45) is 16.6 Å². The van der Waals surface area contributed by atoms with Crippen LogP contribution in [0.1, 0.15) is 150 Å². The number of aliphatic imine (C=N–C) groups is 1. The second-order valence-corrected chi connectivity index (χ2v) is 15.4. The average Bonchev–Trinajstić information content (AvgIpc) is 3.63. The van der Waals surface area contributed by atoms with Crippen molar-refractivity contribution in [2.45, 2.75) is 192 Å². The number of aliphatic hydroxyl groups excluding tert-OH is 1. The molecule has 0 unspecified atom stereocenters. The number of quaternary nitrogens is 1. The topological polar surface area (TPSA) is 120 Å². The molecular weight excluding hydrogens is 576 g/mol. The van der Waals surface area contributed by atoms with Gasteiger partial charge in [0.15, 0.2) is 5.96 Å². The normalized spacial score (nSPS) is 30.1. The van der Waals surface area contributed by atoms with Crippen molar-refractivity contribution in [3.8, 4) is 0 Å². The Balaban J connectivity index is 0.980. The smallest absolute Gasteiger partial charge is 0.444 e. The molecule has 0 saturated carbocycles. The summed E-state index contributed by atoms with van der Waals surface area (Å²) in [6.45, 7) is 9.53. The Labute approximate surface area is 278 Å². The summed E-state index contributed by atoms with van der Waals surface area (Å²) in [6, 6.07) is 2.08. The molecule has 8 atom stereocenters. The fraction of sp³-hybridized carbons (Fsp3) is 0.865. The molecule has 6 N–H and O–H groups in total. The maximum Gasteiger partial charge on any atom is 0.444 e. The second kappa shape index (κ2) is 16.8. The molecule has 0 bridgehead atoms. The molecule has 46 heavy (non-hydrogen) atoms. The Bertz CT molecular complexity index is 1120. The number of allylic oxidation sites excluding steroid dienone is 1. The number of fused-ring (bicyclic) bond motifs is 1. The highest BCUT2D eigenvalue weighted by molar-refractivity contribution is 5.91. The fourth-order valence-electron chi connectivity index (χ4n) is 9.25. The van der Waals surface area contributed by atoms with Crippen molar-refractivity contribution >= 4 is 17.9 Å². The number of guanidine groups is 2. The SMILES string of the molecule is CCCCCCC[C@H](O)C[C@@H]1CC[C@H]2C(C(=O)O[C@H](C)CCCCCCC[C@H]3CN=C4N[C@@H](C)C[C@H]5CC[C@@H]3N45)=C(C)[NH2+]C(N)=[N+]12. The van der Waals surface area contributed by atoms with E-state index in [-0.39, 0.29) is 30.3 Å². The van der Waals surface area contributed by atoms with Crippen LogP contribution < -0.4 is 16.4 Å². The Morgan fingerprint density at radius 3 is 2.63 bits per heavy atom. The number of carbonyl (C=O) groups excluding carboxylic acids is 1. The van der Waals surface area contributed by atoms with Crippen molar-refractivity contribution in [1.82, 2.24) is 10.2 Å². The molecule has 0 aromatic rings. The van der Waals surface area contributed by atoms with Crippen LogP contribution >= 0.6 is 0 Å². The van der Waals surface area contributed by atoms with Gasteiger partial charge in [-0.1, -0.05) is 64.7 Å². The maximum atomic E-state index is 13.5. The molecule has 0 radical (unpaired) electrons. The van der Waals surface area contributed by atoms with Crippen LogP contribution in [0.25, 0.3) is 0 Å². The summed E-state index contributed by atoms with van der Waals surface area (Å²) in [5.74, 6) is 2.42. The number of hydrogen-bond acceptors (Lipinski definition) is 7. The molecule has 0 spiro atoms. The summed E-state index contributed by atoms with van der Waals surface area (Å²) in [5.41, 5.74) is 8.20. The van der Waals surface area contributed by atoms with E-state index in [2.05, 4.69) is 28.6 Å². The van der Waals surface area contributed by atoms with Gasteiger partial charge in [0.25, 0.3) is 0 Å². The van der Waals surface area contributed by atoms with Crippen molar-refractivity contribution in [2.75, 3.05) is 6.54 Å². The van der Waals surface area contributed by atoms with Crippen LogP contribution in [0.2, 0.25) is 0 Å². The predicted molar refractivity (Wildman–Crippen MR) is 184 cm³/mol. The van der Waals surface area contributed by atoms with E-state index in [9.17, 15) is 9.90 Å². The highest BCUT2D eigenvalue weighted by atomic mass is 16.5. The summed E-state index contributed by atoms with van der Waals surface area (Å²) in [6.07, 6.45) is 21.2. The lowest BCUT2D eigenvalue weighted by Gasteiger charge is -2.45. The number of esters is 1. The minimum atomic E-state index is -0.318. The third-order valence-electron chi connectivity index (χ3n) is 11.6. The number of nitrogens with two attached hydrogens (primary N) is 2.